The highest BCUT2D eigenvalue weighted by Gasteiger charge is 2.63. The molecule has 3 fully saturated rings. The summed E-state index contributed by atoms with van der Waals surface area (Å²) in [4.78, 5) is 12.7. The van der Waals surface area contributed by atoms with E-state index in [1.54, 1.807) is 0 Å². The third-order valence-corrected chi connectivity index (χ3v) is 7.17. The van der Waals surface area contributed by atoms with Gasteiger partial charge in [0.1, 0.15) is 0 Å². The van der Waals surface area contributed by atoms with E-state index in [4.69, 9.17) is 0 Å². The van der Waals surface area contributed by atoms with Gasteiger partial charge in [0, 0.05) is 0 Å². The summed E-state index contributed by atoms with van der Waals surface area (Å²) in [5.74, 6) is 0.773. The fourth-order valence-electron chi connectivity index (χ4n) is 5.09. The lowest BCUT2D eigenvalue weighted by atomic mass is 9.62. The molecule has 0 bridgehead atoms. The Hall–Kier alpha value is -0.610. The minimum atomic E-state index is -0.606. The minimum absolute atomic E-state index is 0.0662. The number of carbonyl (C=O) groups excluding carboxylic acids is 1. The van der Waals surface area contributed by atoms with Crippen LogP contribution >= 0.6 is 0 Å². The monoisotopic (exact) mass is 309 g/mol. The van der Waals surface area contributed by atoms with Crippen molar-refractivity contribution in [3.63, 3.8) is 0 Å². The van der Waals surface area contributed by atoms with E-state index < -0.39 is 22.7 Å². The third kappa shape index (κ3) is 2.30. The largest absolute Gasteiger partial charge is 0.390 e. The van der Waals surface area contributed by atoms with Crippen molar-refractivity contribution in [3.05, 3.63) is 0 Å². The van der Waals surface area contributed by atoms with Gasteiger partial charge in [0.15, 0.2) is 0 Å². The Bertz CT molecular complexity index is 432. The first-order valence-corrected chi connectivity index (χ1v) is 9.13. The summed E-state index contributed by atoms with van der Waals surface area (Å²) in [6, 6.07) is 0. The van der Waals surface area contributed by atoms with Gasteiger partial charge in [-0.2, -0.15) is 0 Å². The van der Waals surface area contributed by atoms with E-state index in [0.29, 0.717) is 31.6 Å². The fourth-order valence-corrected chi connectivity index (χ4v) is 5.09. The molecular formula is C18H31NO3. The van der Waals surface area contributed by atoms with Gasteiger partial charge in [-0.15, -0.1) is 0 Å². The topological polar surface area (TPSA) is 69.6 Å². The zero-order chi connectivity index (χ0) is 16.0. The van der Waals surface area contributed by atoms with Gasteiger partial charge in [-0.05, 0) is 63.7 Å². The van der Waals surface area contributed by atoms with Crippen LogP contribution < -0.4 is 5.32 Å². The van der Waals surface area contributed by atoms with Crippen LogP contribution in [0.4, 0.5) is 0 Å². The molecule has 1 atom stereocenters. The van der Waals surface area contributed by atoms with Gasteiger partial charge in [0.25, 0.3) is 0 Å². The zero-order valence-electron chi connectivity index (χ0n) is 14.0. The van der Waals surface area contributed by atoms with E-state index in [1.807, 2.05) is 6.92 Å². The molecule has 3 rings (SSSR count). The lowest BCUT2D eigenvalue weighted by Gasteiger charge is -2.46. The molecule has 4 nitrogen and oxygen atoms in total. The lowest BCUT2D eigenvalue weighted by Crippen LogP contribution is -2.55. The molecule has 1 saturated heterocycles. The first-order valence-electron chi connectivity index (χ1n) is 9.13. The number of aliphatic hydroxyl groups is 2. The number of rotatable bonds is 2. The van der Waals surface area contributed by atoms with Gasteiger partial charge in [-0.3, -0.25) is 4.79 Å². The standard InChI is InChI=1S/C18H31NO3/c1-3-13-5-7-17(8-6-13)14(20)18(19-15(17)21)11-9-16(22,4-2)10-12-18/h13-14,20,22H,3-12H2,1-2H3,(H,19,21). The van der Waals surface area contributed by atoms with Crippen LogP contribution in [0, 0.1) is 11.3 Å². The number of carbonyl (C=O) groups is 1. The van der Waals surface area contributed by atoms with Gasteiger partial charge in [-0.1, -0.05) is 20.3 Å². The summed E-state index contributed by atoms with van der Waals surface area (Å²) in [6.07, 6.45) is 7.81. The third-order valence-electron chi connectivity index (χ3n) is 7.17. The molecule has 22 heavy (non-hydrogen) atoms. The van der Waals surface area contributed by atoms with Crippen LogP contribution in [-0.2, 0) is 4.79 Å². The van der Waals surface area contributed by atoms with Crippen LogP contribution in [0.15, 0.2) is 0 Å². The quantitative estimate of drug-likeness (QED) is 0.734. The molecule has 2 aliphatic carbocycles. The van der Waals surface area contributed by atoms with E-state index in [0.717, 1.165) is 32.1 Å². The maximum absolute atomic E-state index is 12.7. The van der Waals surface area contributed by atoms with Gasteiger partial charge in [0.05, 0.1) is 22.7 Å². The van der Waals surface area contributed by atoms with Gasteiger partial charge >= 0.3 is 0 Å². The van der Waals surface area contributed by atoms with E-state index in [2.05, 4.69) is 12.2 Å². The van der Waals surface area contributed by atoms with Crippen molar-refractivity contribution in [1.82, 2.24) is 5.32 Å². The first kappa shape index (κ1) is 16.3. The highest BCUT2D eigenvalue weighted by atomic mass is 16.3. The van der Waals surface area contributed by atoms with Crippen LogP contribution in [-0.4, -0.2) is 33.4 Å². The van der Waals surface area contributed by atoms with Crippen molar-refractivity contribution in [1.29, 1.82) is 0 Å². The molecule has 3 N–H and O–H groups in total. The van der Waals surface area contributed by atoms with Crippen molar-refractivity contribution in [2.45, 2.75) is 95.3 Å². The van der Waals surface area contributed by atoms with Crippen LogP contribution in [0.2, 0.25) is 0 Å². The van der Waals surface area contributed by atoms with Crippen molar-refractivity contribution in [2.75, 3.05) is 0 Å². The van der Waals surface area contributed by atoms with Crippen LogP contribution in [0.3, 0.4) is 0 Å². The van der Waals surface area contributed by atoms with Gasteiger partial charge < -0.3 is 15.5 Å². The second-order valence-electron chi connectivity index (χ2n) is 8.10. The summed E-state index contributed by atoms with van der Waals surface area (Å²) >= 11 is 0. The Labute approximate surface area is 133 Å². The zero-order valence-corrected chi connectivity index (χ0v) is 14.0. The SMILES string of the molecule is CCC1CCC2(CC1)C(=O)NC1(CCC(O)(CC)CC1)C2O. The smallest absolute Gasteiger partial charge is 0.229 e. The molecule has 0 aromatic carbocycles. The Morgan fingerprint density at radius 1 is 1.09 bits per heavy atom. The van der Waals surface area contributed by atoms with Crippen molar-refractivity contribution >= 4 is 5.91 Å². The molecule has 2 saturated carbocycles. The highest BCUT2D eigenvalue weighted by molar-refractivity contribution is 5.87. The second kappa shape index (κ2) is 5.48. The molecule has 0 aromatic rings. The number of nitrogens with one attached hydrogen (secondary N) is 1. The molecule has 1 amide bonds. The Balaban J connectivity index is 1.76. The van der Waals surface area contributed by atoms with E-state index in [1.165, 1.54) is 6.42 Å². The number of hydrogen-bond donors (Lipinski definition) is 3. The second-order valence-corrected chi connectivity index (χ2v) is 8.10. The average Bonchev–Trinajstić information content (AvgIpc) is 2.74. The summed E-state index contributed by atoms with van der Waals surface area (Å²) in [6.45, 7) is 4.22. The predicted molar refractivity (Wildman–Crippen MR) is 85.3 cm³/mol. The molecular weight excluding hydrogens is 278 g/mol. The average molecular weight is 309 g/mol. The lowest BCUT2D eigenvalue weighted by molar-refractivity contribution is -0.134. The fraction of sp³-hybridized carbons (Fsp3) is 0.944. The molecule has 0 aromatic heterocycles. The summed E-state index contributed by atoms with van der Waals surface area (Å²) < 4.78 is 0. The van der Waals surface area contributed by atoms with Gasteiger partial charge in [0.2, 0.25) is 5.91 Å². The number of amides is 1. The molecule has 4 heteroatoms. The Kier molecular flexibility index (Phi) is 4.05. The number of aliphatic hydroxyl groups excluding tert-OH is 1. The minimum Gasteiger partial charge on any atom is -0.390 e. The van der Waals surface area contributed by atoms with E-state index in [-0.39, 0.29) is 5.91 Å². The van der Waals surface area contributed by atoms with Crippen molar-refractivity contribution < 1.29 is 15.0 Å². The van der Waals surface area contributed by atoms with Crippen LogP contribution in [0.5, 0.6) is 0 Å². The Morgan fingerprint density at radius 2 is 1.68 bits per heavy atom. The molecule has 1 aliphatic heterocycles. The summed E-state index contributed by atoms with van der Waals surface area (Å²) in [5, 5.41) is 24.7. The maximum Gasteiger partial charge on any atom is 0.229 e. The molecule has 2 spiro atoms. The number of hydrogen-bond acceptors (Lipinski definition) is 3. The molecule has 0 radical (unpaired) electrons. The normalized spacial score (nSPS) is 48.8. The van der Waals surface area contributed by atoms with E-state index in [9.17, 15) is 15.0 Å². The molecule has 3 aliphatic rings. The first-order chi connectivity index (χ1) is 10.4. The molecule has 1 heterocycles. The van der Waals surface area contributed by atoms with Crippen LogP contribution in [0.25, 0.3) is 0 Å². The predicted octanol–water partition coefficient (Wildman–Crippen LogP) is 2.52. The summed E-state index contributed by atoms with van der Waals surface area (Å²) in [5.41, 5.74) is -1.66. The van der Waals surface area contributed by atoms with Crippen molar-refractivity contribution in [2.24, 2.45) is 11.3 Å². The summed E-state index contributed by atoms with van der Waals surface area (Å²) in [7, 11) is 0. The maximum atomic E-state index is 12.7. The van der Waals surface area contributed by atoms with Crippen LogP contribution in [0.1, 0.15) is 78.1 Å². The molecule has 1 unspecified atom stereocenters. The molecule has 126 valence electrons. The highest BCUT2D eigenvalue weighted by Crippen LogP contribution is 2.53. The van der Waals surface area contributed by atoms with E-state index >= 15 is 0 Å². The van der Waals surface area contributed by atoms with Gasteiger partial charge in [-0.25, -0.2) is 0 Å². The Morgan fingerprint density at radius 3 is 2.18 bits per heavy atom. The van der Waals surface area contributed by atoms with Crippen molar-refractivity contribution in [3.8, 4) is 0 Å².